The fourth-order valence-corrected chi connectivity index (χ4v) is 2.79. The predicted molar refractivity (Wildman–Crippen MR) is 76.4 cm³/mol. The minimum absolute atomic E-state index is 0.0608. The van der Waals surface area contributed by atoms with Gasteiger partial charge in [-0.25, -0.2) is 0 Å². The maximum Gasteiger partial charge on any atom is 0.308 e. The average Bonchev–Trinajstić information content (AvgIpc) is 2.78. The minimum Gasteiger partial charge on any atom is -0.469 e. The fraction of sp³-hybridized carbons (Fsp3) is 0.467. The van der Waals surface area contributed by atoms with Crippen molar-refractivity contribution >= 4 is 5.97 Å². The van der Waals surface area contributed by atoms with Crippen LogP contribution in [0.2, 0.25) is 0 Å². The summed E-state index contributed by atoms with van der Waals surface area (Å²) >= 11 is 0. The zero-order chi connectivity index (χ0) is 14.8. The van der Waals surface area contributed by atoms with E-state index in [0.29, 0.717) is 6.54 Å². The van der Waals surface area contributed by atoms with Gasteiger partial charge in [0.15, 0.2) is 5.82 Å². The highest BCUT2D eigenvalue weighted by atomic mass is 16.5. The lowest BCUT2D eigenvalue weighted by Gasteiger charge is -2.11. The van der Waals surface area contributed by atoms with Crippen molar-refractivity contribution in [3.05, 3.63) is 29.7 Å². The number of esters is 1. The average molecular weight is 286 g/mol. The Morgan fingerprint density at radius 2 is 2.24 bits per heavy atom. The molecule has 0 saturated carbocycles. The number of pyridine rings is 1. The first-order valence-corrected chi connectivity index (χ1v) is 7.12. The van der Waals surface area contributed by atoms with E-state index < -0.39 is 0 Å². The van der Waals surface area contributed by atoms with Gasteiger partial charge in [-0.05, 0) is 31.4 Å². The normalized spacial score (nSPS) is 17.9. The van der Waals surface area contributed by atoms with Gasteiger partial charge in [0, 0.05) is 19.2 Å². The van der Waals surface area contributed by atoms with Crippen molar-refractivity contribution in [2.24, 2.45) is 5.92 Å². The van der Waals surface area contributed by atoms with Crippen molar-refractivity contribution in [1.29, 1.82) is 0 Å². The van der Waals surface area contributed by atoms with Crippen molar-refractivity contribution in [3.63, 3.8) is 0 Å². The van der Waals surface area contributed by atoms with Crippen LogP contribution in [0.4, 0.5) is 0 Å². The number of carbonyl (C=O) groups is 1. The summed E-state index contributed by atoms with van der Waals surface area (Å²) in [5.74, 6) is 1.51. The van der Waals surface area contributed by atoms with Gasteiger partial charge in [0.2, 0.25) is 0 Å². The lowest BCUT2D eigenvalue weighted by atomic mass is 10.0. The second-order valence-electron chi connectivity index (χ2n) is 5.31. The smallest absolute Gasteiger partial charge is 0.308 e. The van der Waals surface area contributed by atoms with Gasteiger partial charge >= 0.3 is 5.97 Å². The van der Waals surface area contributed by atoms with Gasteiger partial charge in [-0.2, -0.15) is 0 Å². The predicted octanol–water partition coefficient (Wildman–Crippen LogP) is 1.77. The van der Waals surface area contributed by atoms with Crippen LogP contribution in [0.1, 0.15) is 24.2 Å². The first-order valence-electron chi connectivity index (χ1n) is 7.12. The quantitative estimate of drug-likeness (QED) is 0.787. The standard InChI is InChI=1S/C15H18N4O2/c1-10-4-3-8-16-13(10)14-18-17-12-6-5-11(15(20)21-2)7-9-19(12)14/h3-4,8,11H,5-7,9H2,1-2H3. The lowest BCUT2D eigenvalue weighted by molar-refractivity contribution is -0.145. The van der Waals surface area contributed by atoms with E-state index in [1.807, 2.05) is 19.1 Å². The summed E-state index contributed by atoms with van der Waals surface area (Å²) in [6.07, 6.45) is 4.00. The minimum atomic E-state index is -0.135. The van der Waals surface area contributed by atoms with Crippen molar-refractivity contribution in [3.8, 4) is 11.5 Å². The molecule has 6 nitrogen and oxygen atoms in total. The topological polar surface area (TPSA) is 69.9 Å². The Morgan fingerprint density at radius 1 is 1.38 bits per heavy atom. The molecule has 1 unspecified atom stereocenters. The largest absolute Gasteiger partial charge is 0.469 e. The summed E-state index contributed by atoms with van der Waals surface area (Å²) in [5.41, 5.74) is 1.93. The Labute approximate surface area is 123 Å². The van der Waals surface area contributed by atoms with E-state index in [0.717, 1.165) is 42.2 Å². The molecule has 1 atom stereocenters. The van der Waals surface area contributed by atoms with E-state index in [1.54, 1.807) is 6.20 Å². The number of nitrogens with zero attached hydrogens (tertiary/aromatic N) is 4. The van der Waals surface area contributed by atoms with Crippen LogP contribution >= 0.6 is 0 Å². The molecule has 6 heteroatoms. The van der Waals surface area contributed by atoms with Gasteiger partial charge in [-0.3, -0.25) is 9.78 Å². The second-order valence-corrected chi connectivity index (χ2v) is 5.31. The molecule has 0 fully saturated rings. The maximum absolute atomic E-state index is 11.7. The number of rotatable bonds is 2. The Hall–Kier alpha value is -2.24. The van der Waals surface area contributed by atoms with Crippen molar-refractivity contribution in [2.75, 3.05) is 7.11 Å². The fourth-order valence-electron chi connectivity index (χ4n) is 2.79. The lowest BCUT2D eigenvalue weighted by Crippen LogP contribution is -2.17. The van der Waals surface area contributed by atoms with Crippen LogP contribution in [0, 0.1) is 12.8 Å². The maximum atomic E-state index is 11.7. The number of fused-ring (bicyclic) bond motifs is 1. The van der Waals surface area contributed by atoms with Crippen LogP contribution in [0.3, 0.4) is 0 Å². The van der Waals surface area contributed by atoms with Gasteiger partial charge in [-0.1, -0.05) is 6.07 Å². The highest BCUT2D eigenvalue weighted by Crippen LogP contribution is 2.26. The Bertz CT molecular complexity index is 665. The number of hydrogen-bond donors (Lipinski definition) is 0. The highest BCUT2D eigenvalue weighted by molar-refractivity contribution is 5.72. The molecule has 110 valence electrons. The van der Waals surface area contributed by atoms with Gasteiger partial charge in [0.05, 0.1) is 13.0 Å². The number of aryl methyl sites for hydroxylation is 2. The van der Waals surface area contributed by atoms with Gasteiger partial charge in [-0.15, -0.1) is 10.2 Å². The van der Waals surface area contributed by atoms with Crippen LogP contribution in [-0.2, 0) is 22.5 Å². The van der Waals surface area contributed by atoms with Crippen LogP contribution < -0.4 is 0 Å². The third kappa shape index (κ3) is 2.53. The number of ether oxygens (including phenoxy) is 1. The van der Waals surface area contributed by atoms with E-state index in [4.69, 9.17) is 4.74 Å². The molecule has 3 heterocycles. The van der Waals surface area contributed by atoms with E-state index >= 15 is 0 Å². The second kappa shape index (κ2) is 5.63. The summed E-state index contributed by atoms with van der Waals surface area (Å²) in [6, 6.07) is 3.92. The first kappa shape index (κ1) is 13.7. The molecule has 0 amide bonds. The van der Waals surface area contributed by atoms with Crippen LogP contribution in [0.5, 0.6) is 0 Å². The van der Waals surface area contributed by atoms with Gasteiger partial charge < -0.3 is 9.30 Å². The summed E-state index contributed by atoms with van der Waals surface area (Å²) in [7, 11) is 1.44. The van der Waals surface area contributed by atoms with Crippen molar-refractivity contribution in [2.45, 2.75) is 32.7 Å². The van der Waals surface area contributed by atoms with Crippen molar-refractivity contribution < 1.29 is 9.53 Å². The molecule has 3 rings (SSSR count). The molecular weight excluding hydrogens is 268 g/mol. The third-order valence-electron chi connectivity index (χ3n) is 4.00. The molecule has 2 aromatic heterocycles. The molecule has 0 spiro atoms. The number of hydrogen-bond acceptors (Lipinski definition) is 5. The Morgan fingerprint density at radius 3 is 3.00 bits per heavy atom. The zero-order valence-electron chi connectivity index (χ0n) is 12.2. The zero-order valence-corrected chi connectivity index (χ0v) is 12.2. The molecule has 0 N–H and O–H groups in total. The third-order valence-corrected chi connectivity index (χ3v) is 4.00. The molecule has 1 aliphatic heterocycles. The molecule has 0 saturated heterocycles. The molecule has 0 radical (unpaired) electrons. The van der Waals surface area contributed by atoms with E-state index in [-0.39, 0.29) is 11.9 Å². The molecule has 0 bridgehead atoms. The summed E-state index contributed by atoms with van der Waals surface area (Å²) in [4.78, 5) is 16.1. The van der Waals surface area contributed by atoms with Crippen LogP contribution in [0.15, 0.2) is 18.3 Å². The Kier molecular flexibility index (Phi) is 3.68. The molecule has 2 aromatic rings. The number of methoxy groups -OCH3 is 1. The van der Waals surface area contributed by atoms with E-state index in [2.05, 4.69) is 19.7 Å². The van der Waals surface area contributed by atoms with E-state index in [9.17, 15) is 4.79 Å². The molecule has 1 aliphatic rings. The van der Waals surface area contributed by atoms with E-state index in [1.165, 1.54) is 7.11 Å². The SMILES string of the molecule is COC(=O)C1CCc2nnc(-c3ncccc3C)n2CC1. The van der Waals surface area contributed by atoms with Gasteiger partial charge in [0.1, 0.15) is 11.5 Å². The van der Waals surface area contributed by atoms with Crippen molar-refractivity contribution in [1.82, 2.24) is 19.7 Å². The monoisotopic (exact) mass is 286 g/mol. The first-order chi connectivity index (χ1) is 10.2. The summed E-state index contributed by atoms with van der Waals surface area (Å²) in [5, 5.41) is 8.57. The van der Waals surface area contributed by atoms with Crippen LogP contribution in [0.25, 0.3) is 11.5 Å². The highest BCUT2D eigenvalue weighted by Gasteiger charge is 2.26. The number of carbonyl (C=O) groups excluding carboxylic acids is 1. The van der Waals surface area contributed by atoms with Crippen LogP contribution in [-0.4, -0.2) is 32.8 Å². The summed E-state index contributed by atoms with van der Waals surface area (Å²) in [6.45, 7) is 2.73. The number of aromatic nitrogens is 4. The Balaban J connectivity index is 1.92. The molecular formula is C15H18N4O2. The molecule has 21 heavy (non-hydrogen) atoms. The van der Waals surface area contributed by atoms with Gasteiger partial charge in [0.25, 0.3) is 0 Å². The molecule has 0 aromatic carbocycles. The molecule has 0 aliphatic carbocycles. The summed E-state index contributed by atoms with van der Waals surface area (Å²) < 4.78 is 6.94.